The lowest BCUT2D eigenvalue weighted by Gasteiger charge is -2.30. The molecule has 1 fully saturated rings. The van der Waals surface area contributed by atoms with E-state index in [1.807, 2.05) is 61.5 Å². The van der Waals surface area contributed by atoms with E-state index in [9.17, 15) is 13.2 Å². The second-order valence-corrected chi connectivity index (χ2v) is 9.36. The van der Waals surface area contributed by atoms with Crippen LogP contribution >= 0.6 is 0 Å². The molecular weight excluding hydrogens is 370 g/mol. The molecule has 1 saturated heterocycles. The Balaban J connectivity index is 1.49. The van der Waals surface area contributed by atoms with Crippen LogP contribution in [0.2, 0.25) is 0 Å². The Kier molecular flexibility index (Phi) is 5.04. The summed E-state index contributed by atoms with van der Waals surface area (Å²) in [6.07, 6.45) is 1.11. The van der Waals surface area contributed by atoms with Gasteiger partial charge >= 0.3 is 0 Å². The average molecular weight is 394 g/mol. The van der Waals surface area contributed by atoms with Gasteiger partial charge in [0.2, 0.25) is 10.0 Å². The largest absolute Gasteiger partial charge is 0.294 e. The molecule has 5 heteroatoms. The van der Waals surface area contributed by atoms with Crippen molar-refractivity contribution in [2.75, 3.05) is 13.1 Å². The number of fused-ring (bicyclic) bond motifs is 1. The fraction of sp³-hybridized carbons (Fsp3) is 0.261. The summed E-state index contributed by atoms with van der Waals surface area (Å²) in [6.45, 7) is 2.74. The van der Waals surface area contributed by atoms with Gasteiger partial charge in [-0.15, -0.1) is 0 Å². The fourth-order valence-corrected chi connectivity index (χ4v) is 5.29. The van der Waals surface area contributed by atoms with Crippen molar-refractivity contribution in [3.63, 3.8) is 0 Å². The maximum atomic E-state index is 13.1. The van der Waals surface area contributed by atoms with Crippen molar-refractivity contribution in [3.05, 3.63) is 77.9 Å². The number of hydrogen-bond acceptors (Lipinski definition) is 3. The Morgan fingerprint density at radius 1 is 0.893 bits per heavy atom. The van der Waals surface area contributed by atoms with E-state index in [2.05, 4.69) is 0 Å². The normalized spacial score (nSPS) is 16.3. The van der Waals surface area contributed by atoms with E-state index < -0.39 is 10.0 Å². The third-order valence-electron chi connectivity index (χ3n) is 5.52. The third-order valence-corrected chi connectivity index (χ3v) is 7.41. The first kappa shape index (κ1) is 18.8. The Labute approximate surface area is 165 Å². The summed E-state index contributed by atoms with van der Waals surface area (Å²) in [6, 6.07) is 20.6. The smallest absolute Gasteiger partial charge is 0.243 e. The zero-order chi connectivity index (χ0) is 19.7. The van der Waals surface area contributed by atoms with Gasteiger partial charge in [-0.2, -0.15) is 4.31 Å². The topological polar surface area (TPSA) is 54.5 Å². The summed E-state index contributed by atoms with van der Waals surface area (Å²) in [4.78, 5) is 13.0. The van der Waals surface area contributed by atoms with Crippen molar-refractivity contribution in [2.24, 2.45) is 5.92 Å². The number of carbonyl (C=O) groups is 1. The van der Waals surface area contributed by atoms with Crippen LogP contribution in [-0.4, -0.2) is 31.6 Å². The predicted molar refractivity (Wildman–Crippen MR) is 111 cm³/mol. The van der Waals surface area contributed by atoms with Gasteiger partial charge in [-0.25, -0.2) is 8.42 Å². The number of sulfonamides is 1. The lowest BCUT2D eigenvalue weighted by Crippen LogP contribution is -2.40. The van der Waals surface area contributed by atoms with Gasteiger partial charge in [-0.3, -0.25) is 4.79 Å². The first-order valence-electron chi connectivity index (χ1n) is 9.55. The summed E-state index contributed by atoms with van der Waals surface area (Å²) < 4.78 is 27.6. The number of carbonyl (C=O) groups excluding carboxylic acids is 1. The molecule has 0 aliphatic carbocycles. The number of hydrogen-bond donors (Lipinski definition) is 0. The van der Waals surface area contributed by atoms with Crippen molar-refractivity contribution in [3.8, 4) is 0 Å². The van der Waals surface area contributed by atoms with Gasteiger partial charge in [0.15, 0.2) is 5.78 Å². The van der Waals surface area contributed by atoms with Gasteiger partial charge in [0, 0.05) is 24.6 Å². The van der Waals surface area contributed by atoms with Crippen LogP contribution in [0.1, 0.15) is 28.8 Å². The molecule has 1 aliphatic heterocycles. The van der Waals surface area contributed by atoms with Gasteiger partial charge < -0.3 is 0 Å². The van der Waals surface area contributed by atoms with E-state index in [0.29, 0.717) is 36.4 Å². The number of Topliss-reactive ketones (excluding diaryl/α,β-unsaturated/α-hetero) is 1. The minimum absolute atomic E-state index is 0.114. The molecule has 3 aromatic carbocycles. The molecule has 144 valence electrons. The molecule has 0 atom stereocenters. The molecule has 0 N–H and O–H groups in total. The van der Waals surface area contributed by atoms with Crippen molar-refractivity contribution in [1.82, 2.24) is 4.31 Å². The Morgan fingerprint density at radius 2 is 1.54 bits per heavy atom. The minimum Gasteiger partial charge on any atom is -0.294 e. The van der Waals surface area contributed by atoms with E-state index in [-0.39, 0.29) is 11.7 Å². The molecule has 1 aliphatic rings. The van der Waals surface area contributed by atoms with Crippen LogP contribution in [0.25, 0.3) is 10.8 Å². The van der Waals surface area contributed by atoms with Crippen LogP contribution < -0.4 is 0 Å². The Bertz CT molecular complexity index is 1110. The molecule has 0 amide bonds. The van der Waals surface area contributed by atoms with E-state index in [4.69, 9.17) is 0 Å². The third kappa shape index (κ3) is 3.60. The fourth-order valence-electron chi connectivity index (χ4n) is 3.79. The van der Waals surface area contributed by atoms with Crippen LogP contribution in [0, 0.1) is 12.8 Å². The van der Waals surface area contributed by atoms with Gasteiger partial charge in [0.1, 0.15) is 0 Å². The molecule has 0 saturated carbocycles. The number of aryl methyl sites for hydroxylation is 1. The van der Waals surface area contributed by atoms with Crippen LogP contribution in [0.4, 0.5) is 0 Å². The van der Waals surface area contributed by atoms with Crippen molar-refractivity contribution in [1.29, 1.82) is 0 Å². The molecule has 0 bridgehead atoms. The summed E-state index contributed by atoms with van der Waals surface area (Å²) in [7, 11) is -3.55. The zero-order valence-corrected chi connectivity index (χ0v) is 16.7. The van der Waals surface area contributed by atoms with Crippen molar-refractivity contribution >= 4 is 26.6 Å². The molecule has 4 nitrogen and oxygen atoms in total. The molecule has 0 unspecified atom stereocenters. The number of ketones is 1. The molecule has 0 aromatic heterocycles. The van der Waals surface area contributed by atoms with Crippen molar-refractivity contribution in [2.45, 2.75) is 24.7 Å². The highest BCUT2D eigenvalue weighted by atomic mass is 32.2. The maximum absolute atomic E-state index is 13.1. The first-order chi connectivity index (χ1) is 13.4. The van der Waals surface area contributed by atoms with Crippen LogP contribution in [0.3, 0.4) is 0 Å². The summed E-state index contributed by atoms with van der Waals surface area (Å²) in [5, 5.41) is 1.93. The highest BCUT2D eigenvalue weighted by Gasteiger charge is 2.32. The summed E-state index contributed by atoms with van der Waals surface area (Å²) >= 11 is 0. The highest BCUT2D eigenvalue weighted by Crippen LogP contribution is 2.28. The SMILES string of the molecule is Cc1ccc(C(=O)C2CCN(S(=O)(=O)c3ccc4ccccc4c3)CC2)cc1. The molecule has 0 radical (unpaired) electrons. The lowest BCUT2D eigenvalue weighted by molar-refractivity contribution is 0.0875. The van der Waals surface area contributed by atoms with E-state index >= 15 is 0 Å². The van der Waals surface area contributed by atoms with Crippen LogP contribution in [0.15, 0.2) is 71.6 Å². The van der Waals surface area contributed by atoms with E-state index in [1.54, 1.807) is 12.1 Å². The monoisotopic (exact) mass is 393 g/mol. The first-order valence-corrected chi connectivity index (χ1v) is 11.0. The second kappa shape index (κ2) is 7.49. The Hall–Kier alpha value is -2.50. The lowest BCUT2D eigenvalue weighted by atomic mass is 9.89. The highest BCUT2D eigenvalue weighted by molar-refractivity contribution is 7.89. The van der Waals surface area contributed by atoms with Crippen LogP contribution in [0.5, 0.6) is 0 Å². The molecule has 1 heterocycles. The molecule has 3 aromatic rings. The quantitative estimate of drug-likeness (QED) is 0.616. The molecular formula is C23H23NO3S. The van der Waals surface area contributed by atoms with Gasteiger partial charge in [0.25, 0.3) is 0 Å². The average Bonchev–Trinajstić information content (AvgIpc) is 2.73. The standard InChI is InChI=1S/C23H23NO3S/c1-17-6-8-19(9-7-17)23(25)20-12-14-24(15-13-20)28(26,27)22-11-10-18-4-2-3-5-21(18)16-22/h2-11,16,20H,12-15H2,1H3. The molecule has 28 heavy (non-hydrogen) atoms. The van der Waals surface area contributed by atoms with Crippen LogP contribution in [-0.2, 0) is 10.0 Å². The predicted octanol–water partition coefficient (Wildman–Crippen LogP) is 4.43. The van der Waals surface area contributed by atoms with Gasteiger partial charge in [-0.05, 0) is 42.7 Å². The van der Waals surface area contributed by atoms with Crippen molar-refractivity contribution < 1.29 is 13.2 Å². The molecule has 0 spiro atoms. The number of benzene rings is 3. The van der Waals surface area contributed by atoms with E-state index in [1.165, 1.54) is 4.31 Å². The summed E-state index contributed by atoms with van der Waals surface area (Å²) in [5.74, 6) is -0.00601. The van der Waals surface area contributed by atoms with E-state index in [0.717, 1.165) is 16.3 Å². The summed E-state index contributed by atoms with van der Waals surface area (Å²) in [5.41, 5.74) is 1.83. The maximum Gasteiger partial charge on any atom is 0.243 e. The number of rotatable bonds is 4. The number of piperidine rings is 1. The van der Waals surface area contributed by atoms with Gasteiger partial charge in [-0.1, -0.05) is 60.2 Å². The zero-order valence-electron chi connectivity index (χ0n) is 15.8. The Morgan fingerprint density at radius 3 is 2.21 bits per heavy atom. The molecule has 4 rings (SSSR count). The second-order valence-electron chi connectivity index (χ2n) is 7.42. The minimum atomic E-state index is -3.55. The number of nitrogens with zero attached hydrogens (tertiary/aromatic N) is 1. The van der Waals surface area contributed by atoms with Gasteiger partial charge in [0.05, 0.1) is 4.90 Å².